The zero-order valence-electron chi connectivity index (χ0n) is 17.6. The summed E-state index contributed by atoms with van der Waals surface area (Å²) in [6.07, 6.45) is 2.91. The van der Waals surface area contributed by atoms with E-state index in [4.69, 9.17) is 9.47 Å². The van der Waals surface area contributed by atoms with Crippen molar-refractivity contribution >= 4 is 17.4 Å². The molecule has 1 aliphatic rings. The summed E-state index contributed by atoms with van der Waals surface area (Å²) in [7, 11) is 1.61. The number of piperidine rings is 1. The van der Waals surface area contributed by atoms with Crippen molar-refractivity contribution in [1.29, 1.82) is 0 Å². The molecule has 160 valence electrons. The number of methoxy groups -OCH3 is 1. The molecule has 1 fully saturated rings. The Morgan fingerprint density at radius 2 is 1.97 bits per heavy atom. The highest BCUT2D eigenvalue weighted by atomic mass is 16.5. The third-order valence-electron chi connectivity index (χ3n) is 5.26. The molecule has 0 bridgehead atoms. The second-order valence-electron chi connectivity index (χ2n) is 7.57. The van der Waals surface area contributed by atoms with Gasteiger partial charge in [0.05, 0.1) is 19.8 Å². The number of aryl methyl sites for hydroxylation is 1. The molecule has 0 spiro atoms. The molecule has 6 heteroatoms. The average molecular weight is 411 g/mol. The Kier molecular flexibility index (Phi) is 7.99. The number of nitrogens with one attached hydrogen (secondary N) is 2. The van der Waals surface area contributed by atoms with Crippen molar-refractivity contribution in [2.75, 3.05) is 19.0 Å². The van der Waals surface area contributed by atoms with Crippen LogP contribution in [0.25, 0.3) is 0 Å². The zero-order chi connectivity index (χ0) is 21.3. The van der Waals surface area contributed by atoms with Gasteiger partial charge in [0.25, 0.3) is 0 Å². The predicted molar refractivity (Wildman–Crippen MR) is 117 cm³/mol. The number of anilines is 1. The van der Waals surface area contributed by atoms with Crippen molar-refractivity contribution < 1.29 is 19.1 Å². The largest absolute Gasteiger partial charge is 0.497 e. The number of Topliss-reactive ketones (excluding diaryl/α,β-unsaturated/α-hetero) is 1. The molecule has 0 aliphatic carbocycles. The molecule has 2 aromatic rings. The van der Waals surface area contributed by atoms with Gasteiger partial charge in [0.1, 0.15) is 11.9 Å². The summed E-state index contributed by atoms with van der Waals surface area (Å²) in [5.41, 5.74) is 2.94. The van der Waals surface area contributed by atoms with E-state index in [1.165, 1.54) is 5.56 Å². The Hall–Kier alpha value is -2.70. The van der Waals surface area contributed by atoms with Crippen LogP contribution in [0.15, 0.2) is 48.5 Å². The van der Waals surface area contributed by atoms with Crippen molar-refractivity contribution in [2.24, 2.45) is 0 Å². The molecule has 2 N–H and O–H groups in total. The highest BCUT2D eigenvalue weighted by Gasteiger charge is 2.32. The standard InChI is InChI=1S/C24H30N2O4/c1-3-4-6-17-9-11-19(12-10-17)26-24(28)21-14-22(27)23(15-25-21)30-16-18-7-5-8-20(13-18)29-2/h5,7-13,21,23,25H,3-4,6,14-16H2,1-2H3,(H,26,28). The molecule has 30 heavy (non-hydrogen) atoms. The molecule has 1 amide bonds. The number of benzene rings is 2. The zero-order valence-corrected chi connectivity index (χ0v) is 17.6. The SMILES string of the molecule is CCCCc1ccc(NC(=O)C2CC(=O)C(OCc3cccc(OC)c3)CN2)cc1. The second-order valence-corrected chi connectivity index (χ2v) is 7.57. The number of ketones is 1. The molecule has 0 aromatic heterocycles. The quantitative estimate of drug-likeness (QED) is 0.662. The lowest BCUT2D eigenvalue weighted by Gasteiger charge is -2.28. The van der Waals surface area contributed by atoms with E-state index in [1.54, 1.807) is 7.11 Å². The summed E-state index contributed by atoms with van der Waals surface area (Å²) in [6.45, 7) is 2.80. The summed E-state index contributed by atoms with van der Waals surface area (Å²) in [5.74, 6) is 0.488. The van der Waals surface area contributed by atoms with Crippen LogP contribution in [0.5, 0.6) is 5.75 Å². The van der Waals surface area contributed by atoms with Crippen LogP contribution in [0.2, 0.25) is 0 Å². The number of ether oxygens (including phenoxy) is 2. The summed E-state index contributed by atoms with van der Waals surface area (Å²) in [6, 6.07) is 14.9. The van der Waals surface area contributed by atoms with Crippen molar-refractivity contribution in [2.45, 2.75) is 51.4 Å². The van der Waals surface area contributed by atoms with E-state index >= 15 is 0 Å². The van der Waals surface area contributed by atoms with Gasteiger partial charge in [-0.25, -0.2) is 0 Å². The fourth-order valence-corrected chi connectivity index (χ4v) is 3.43. The minimum atomic E-state index is -0.557. The van der Waals surface area contributed by atoms with Gasteiger partial charge < -0.3 is 20.1 Å². The summed E-state index contributed by atoms with van der Waals surface area (Å²) in [4.78, 5) is 25.0. The monoisotopic (exact) mass is 410 g/mol. The van der Waals surface area contributed by atoms with Crippen LogP contribution < -0.4 is 15.4 Å². The van der Waals surface area contributed by atoms with Gasteiger partial charge in [-0.1, -0.05) is 37.6 Å². The van der Waals surface area contributed by atoms with Crippen LogP contribution in [0, 0.1) is 0 Å². The Balaban J connectivity index is 1.47. The number of unbranched alkanes of at least 4 members (excludes halogenated alkanes) is 1. The first-order chi connectivity index (χ1) is 14.6. The maximum absolute atomic E-state index is 12.5. The van der Waals surface area contributed by atoms with E-state index in [0.717, 1.165) is 36.3 Å². The number of amides is 1. The number of hydrogen-bond acceptors (Lipinski definition) is 5. The molecular weight excluding hydrogens is 380 g/mol. The van der Waals surface area contributed by atoms with E-state index < -0.39 is 12.1 Å². The lowest BCUT2D eigenvalue weighted by molar-refractivity contribution is -0.137. The molecule has 0 radical (unpaired) electrons. The Morgan fingerprint density at radius 3 is 2.67 bits per heavy atom. The van der Waals surface area contributed by atoms with Gasteiger partial charge in [-0.3, -0.25) is 9.59 Å². The maximum atomic E-state index is 12.5. The molecule has 6 nitrogen and oxygen atoms in total. The van der Waals surface area contributed by atoms with E-state index in [9.17, 15) is 9.59 Å². The Bertz CT molecular complexity index is 851. The van der Waals surface area contributed by atoms with Crippen LogP contribution in [0.3, 0.4) is 0 Å². The highest BCUT2D eigenvalue weighted by Crippen LogP contribution is 2.17. The van der Waals surface area contributed by atoms with Crippen LogP contribution in [-0.4, -0.2) is 37.5 Å². The van der Waals surface area contributed by atoms with Gasteiger partial charge in [-0.15, -0.1) is 0 Å². The second kappa shape index (κ2) is 10.9. The molecule has 1 saturated heterocycles. The van der Waals surface area contributed by atoms with E-state index in [1.807, 2.05) is 48.5 Å². The van der Waals surface area contributed by atoms with E-state index in [0.29, 0.717) is 13.2 Å². The first-order valence-electron chi connectivity index (χ1n) is 10.5. The highest BCUT2D eigenvalue weighted by molar-refractivity contribution is 5.99. The minimum Gasteiger partial charge on any atom is -0.497 e. The van der Waals surface area contributed by atoms with E-state index in [2.05, 4.69) is 17.6 Å². The van der Waals surface area contributed by atoms with Crippen LogP contribution in [0.1, 0.15) is 37.3 Å². The van der Waals surface area contributed by atoms with Crippen LogP contribution >= 0.6 is 0 Å². The molecule has 1 heterocycles. The number of hydrogen-bond donors (Lipinski definition) is 2. The van der Waals surface area contributed by atoms with Crippen LogP contribution in [-0.2, 0) is 27.4 Å². The molecule has 2 unspecified atom stereocenters. The van der Waals surface area contributed by atoms with Crippen molar-refractivity contribution in [3.05, 3.63) is 59.7 Å². The normalized spacial score (nSPS) is 18.8. The first-order valence-corrected chi connectivity index (χ1v) is 10.5. The number of rotatable bonds is 9. The summed E-state index contributed by atoms with van der Waals surface area (Å²) < 4.78 is 11.0. The third-order valence-corrected chi connectivity index (χ3v) is 5.26. The molecule has 3 rings (SSSR count). The van der Waals surface area contributed by atoms with Crippen LogP contribution in [0.4, 0.5) is 5.69 Å². The van der Waals surface area contributed by atoms with Gasteiger partial charge in [0.15, 0.2) is 5.78 Å². The number of carbonyl (C=O) groups is 2. The first kappa shape index (κ1) is 22.0. The fourth-order valence-electron chi connectivity index (χ4n) is 3.43. The van der Waals surface area contributed by atoms with Gasteiger partial charge in [-0.05, 0) is 48.2 Å². The summed E-state index contributed by atoms with van der Waals surface area (Å²) >= 11 is 0. The molecule has 1 aliphatic heterocycles. The van der Waals surface area contributed by atoms with Crippen molar-refractivity contribution in [1.82, 2.24) is 5.32 Å². The van der Waals surface area contributed by atoms with Gasteiger partial charge in [0.2, 0.25) is 5.91 Å². The molecule has 2 aromatic carbocycles. The lowest BCUT2D eigenvalue weighted by atomic mass is 10.00. The fraction of sp³-hybridized carbons (Fsp3) is 0.417. The van der Waals surface area contributed by atoms with Gasteiger partial charge >= 0.3 is 0 Å². The molecule has 0 saturated carbocycles. The van der Waals surface area contributed by atoms with Crippen molar-refractivity contribution in [3.8, 4) is 5.75 Å². The molecule has 2 atom stereocenters. The summed E-state index contributed by atoms with van der Waals surface area (Å²) in [5, 5.41) is 6.03. The average Bonchev–Trinajstić information content (AvgIpc) is 2.78. The Labute approximate surface area is 178 Å². The lowest BCUT2D eigenvalue weighted by Crippen LogP contribution is -2.53. The smallest absolute Gasteiger partial charge is 0.241 e. The molecular formula is C24H30N2O4. The predicted octanol–water partition coefficient (Wildman–Crippen LogP) is 3.49. The maximum Gasteiger partial charge on any atom is 0.241 e. The van der Waals surface area contributed by atoms with E-state index in [-0.39, 0.29) is 18.1 Å². The topological polar surface area (TPSA) is 76.7 Å². The third kappa shape index (κ3) is 6.15. The van der Waals surface area contributed by atoms with Gasteiger partial charge in [-0.2, -0.15) is 0 Å². The van der Waals surface area contributed by atoms with Gasteiger partial charge in [0, 0.05) is 18.7 Å². The minimum absolute atomic E-state index is 0.0632. The van der Waals surface area contributed by atoms with Crippen molar-refractivity contribution in [3.63, 3.8) is 0 Å². The Morgan fingerprint density at radius 1 is 1.17 bits per heavy atom. The number of carbonyl (C=O) groups excluding carboxylic acids is 2.